The highest BCUT2D eigenvalue weighted by atomic mass is 16.7. The topological polar surface area (TPSA) is 128 Å². The molecule has 13 heteroatoms. The van der Waals surface area contributed by atoms with Crippen molar-refractivity contribution in [3.05, 3.63) is 35.9 Å². The van der Waals surface area contributed by atoms with E-state index in [1.807, 2.05) is 6.07 Å². The molecule has 1 aromatic rings. The van der Waals surface area contributed by atoms with E-state index in [4.69, 9.17) is 56.8 Å². The lowest BCUT2D eigenvalue weighted by atomic mass is 10.2. The number of benzene rings is 1. The van der Waals surface area contributed by atoms with Crippen molar-refractivity contribution in [1.82, 2.24) is 0 Å². The number of carbonyl (C=O) groups is 1. The normalized spacial score (nSPS) is 15.0. The monoisotopic (exact) mass is 646 g/mol. The molecule has 1 heterocycles. The lowest BCUT2D eigenvalue weighted by Crippen LogP contribution is -2.24. The van der Waals surface area contributed by atoms with Crippen molar-refractivity contribution in [3.8, 4) is 0 Å². The Bertz CT molecular complexity index is 765. The molecule has 2 rings (SSSR count). The molecule has 0 radical (unpaired) electrons. The second-order valence-electron chi connectivity index (χ2n) is 9.68. The molecule has 1 aliphatic heterocycles. The van der Waals surface area contributed by atoms with E-state index in [1.54, 1.807) is 24.3 Å². The van der Waals surface area contributed by atoms with Gasteiger partial charge in [-0.15, -0.1) is 0 Å². The zero-order valence-electron chi connectivity index (χ0n) is 26.7. The highest BCUT2D eigenvalue weighted by molar-refractivity contribution is 5.89. The molecule has 45 heavy (non-hydrogen) atoms. The number of ether oxygens (including phenoxy) is 12. The maximum absolute atomic E-state index is 11.8. The minimum absolute atomic E-state index is 0.0689. The fourth-order valence-corrected chi connectivity index (χ4v) is 3.79. The van der Waals surface area contributed by atoms with Gasteiger partial charge in [-0.2, -0.15) is 0 Å². The van der Waals surface area contributed by atoms with E-state index in [2.05, 4.69) is 0 Å². The first-order valence-electron chi connectivity index (χ1n) is 16.0. The molecule has 1 saturated heterocycles. The third-order valence-electron chi connectivity index (χ3n) is 6.12. The van der Waals surface area contributed by atoms with Crippen LogP contribution in [0.1, 0.15) is 29.6 Å². The summed E-state index contributed by atoms with van der Waals surface area (Å²) in [6, 6.07) is 8.86. The molecule has 0 aromatic heterocycles. The number of hydrogen-bond donors (Lipinski definition) is 0. The maximum atomic E-state index is 11.8. The molecule has 1 aromatic carbocycles. The van der Waals surface area contributed by atoms with Crippen LogP contribution >= 0.6 is 0 Å². The van der Waals surface area contributed by atoms with Crippen molar-refractivity contribution in [3.63, 3.8) is 0 Å². The molecule has 0 bridgehead atoms. The first kappa shape index (κ1) is 39.4. The molecule has 1 unspecified atom stereocenters. The van der Waals surface area contributed by atoms with E-state index in [-0.39, 0.29) is 18.9 Å². The Labute approximate surface area is 267 Å². The molecule has 1 fully saturated rings. The van der Waals surface area contributed by atoms with E-state index >= 15 is 0 Å². The molecule has 0 N–H and O–H groups in total. The molecule has 0 saturated carbocycles. The van der Waals surface area contributed by atoms with Crippen molar-refractivity contribution in [2.24, 2.45) is 0 Å². The van der Waals surface area contributed by atoms with Crippen LogP contribution in [0.3, 0.4) is 0 Å². The second-order valence-corrected chi connectivity index (χ2v) is 9.68. The highest BCUT2D eigenvalue weighted by Crippen LogP contribution is 2.13. The van der Waals surface area contributed by atoms with E-state index < -0.39 is 0 Å². The fraction of sp³-hybridized carbons (Fsp3) is 0.781. The Balaban J connectivity index is 1.15. The van der Waals surface area contributed by atoms with Gasteiger partial charge in [-0.3, -0.25) is 0 Å². The van der Waals surface area contributed by atoms with Crippen LogP contribution < -0.4 is 0 Å². The Morgan fingerprint density at radius 1 is 0.511 bits per heavy atom. The number of esters is 1. The van der Waals surface area contributed by atoms with Gasteiger partial charge in [-0.1, -0.05) is 18.2 Å². The Hall–Kier alpha value is -1.75. The van der Waals surface area contributed by atoms with E-state index in [0.717, 1.165) is 25.9 Å². The summed E-state index contributed by atoms with van der Waals surface area (Å²) >= 11 is 0. The first-order chi connectivity index (χ1) is 22.4. The molecule has 0 aliphatic carbocycles. The van der Waals surface area contributed by atoms with Gasteiger partial charge in [0.15, 0.2) is 6.29 Å². The van der Waals surface area contributed by atoms with Crippen LogP contribution in [0.2, 0.25) is 0 Å². The van der Waals surface area contributed by atoms with Gasteiger partial charge in [0.25, 0.3) is 0 Å². The smallest absolute Gasteiger partial charge is 0.338 e. The van der Waals surface area contributed by atoms with Crippen molar-refractivity contribution in [1.29, 1.82) is 0 Å². The molecule has 0 spiro atoms. The van der Waals surface area contributed by atoms with Crippen LogP contribution in [0, 0.1) is 0 Å². The van der Waals surface area contributed by atoms with Crippen LogP contribution in [0.25, 0.3) is 0 Å². The van der Waals surface area contributed by atoms with Crippen LogP contribution in [0.15, 0.2) is 30.3 Å². The SMILES string of the molecule is O=C(OCCOCCOCCOCCOCCOCCOCCOCCOCCOCCOC1CCCCO1)c1ccccc1. The second kappa shape index (κ2) is 30.9. The lowest BCUT2D eigenvalue weighted by molar-refractivity contribution is -0.169. The Morgan fingerprint density at radius 2 is 0.889 bits per heavy atom. The summed E-state index contributed by atoms with van der Waals surface area (Å²) in [6.45, 7) is 10.3. The molecule has 260 valence electrons. The predicted octanol–water partition coefficient (Wildman–Crippen LogP) is 2.54. The molecule has 13 nitrogen and oxygen atoms in total. The minimum atomic E-state index is -0.355. The van der Waals surface area contributed by atoms with Crippen molar-refractivity contribution in [2.45, 2.75) is 25.6 Å². The number of rotatable bonds is 32. The van der Waals surface area contributed by atoms with Gasteiger partial charge in [0.2, 0.25) is 0 Å². The quantitative estimate of drug-likeness (QED) is 0.0841. The zero-order valence-corrected chi connectivity index (χ0v) is 26.7. The third-order valence-corrected chi connectivity index (χ3v) is 6.12. The van der Waals surface area contributed by atoms with Crippen molar-refractivity contribution in [2.75, 3.05) is 139 Å². The summed E-state index contributed by atoms with van der Waals surface area (Å²) in [4.78, 5) is 11.8. The standard InChI is InChI=1S/C32H54O13/c33-32(30-6-2-1-3-7-30)45-29-27-42-25-23-40-21-19-38-17-15-36-13-11-34-10-12-35-14-16-37-18-20-39-22-24-41-26-28-44-31-8-4-5-9-43-31/h1-3,6-7,31H,4-5,8-29H2. The van der Waals surface area contributed by atoms with Crippen LogP contribution in [-0.2, 0) is 56.8 Å². The van der Waals surface area contributed by atoms with Crippen LogP contribution in [0.4, 0.5) is 0 Å². The third kappa shape index (κ3) is 25.1. The summed E-state index contributed by atoms with van der Waals surface area (Å²) in [5.41, 5.74) is 0.526. The van der Waals surface area contributed by atoms with Crippen LogP contribution in [-0.4, -0.2) is 151 Å². The molecule has 1 aliphatic rings. The van der Waals surface area contributed by atoms with Gasteiger partial charge in [-0.25, -0.2) is 4.79 Å². The molecule has 0 amide bonds. The molecular formula is C32H54O13. The van der Waals surface area contributed by atoms with E-state index in [9.17, 15) is 4.79 Å². The Kier molecular flexibility index (Phi) is 27.1. The largest absolute Gasteiger partial charge is 0.460 e. The van der Waals surface area contributed by atoms with Crippen molar-refractivity contribution < 1.29 is 61.6 Å². The fourth-order valence-electron chi connectivity index (χ4n) is 3.79. The summed E-state index contributed by atoms with van der Waals surface area (Å²) in [7, 11) is 0. The Morgan fingerprint density at radius 3 is 1.27 bits per heavy atom. The lowest BCUT2D eigenvalue weighted by Gasteiger charge is -2.22. The van der Waals surface area contributed by atoms with Gasteiger partial charge in [-0.05, 0) is 31.4 Å². The van der Waals surface area contributed by atoms with Gasteiger partial charge >= 0.3 is 5.97 Å². The molecule has 1 atom stereocenters. The van der Waals surface area contributed by atoms with Gasteiger partial charge in [0.05, 0.1) is 131 Å². The number of hydrogen-bond acceptors (Lipinski definition) is 13. The highest BCUT2D eigenvalue weighted by Gasteiger charge is 2.13. The number of carbonyl (C=O) groups excluding carboxylic acids is 1. The van der Waals surface area contributed by atoms with Crippen molar-refractivity contribution >= 4 is 5.97 Å². The first-order valence-corrected chi connectivity index (χ1v) is 16.0. The van der Waals surface area contributed by atoms with E-state index in [0.29, 0.717) is 131 Å². The summed E-state index contributed by atoms with van der Waals surface area (Å²) in [6.07, 6.45) is 3.18. The summed E-state index contributed by atoms with van der Waals surface area (Å²) < 4.78 is 65.4. The van der Waals surface area contributed by atoms with Gasteiger partial charge < -0.3 is 56.8 Å². The molecular weight excluding hydrogens is 592 g/mol. The van der Waals surface area contributed by atoms with Crippen LogP contribution in [0.5, 0.6) is 0 Å². The minimum Gasteiger partial charge on any atom is -0.460 e. The average Bonchev–Trinajstić information content (AvgIpc) is 3.08. The zero-order chi connectivity index (χ0) is 31.7. The summed E-state index contributed by atoms with van der Waals surface area (Å²) in [5, 5.41) is 0. The average molecular weight is 647 g/mol. The maximum Gasteiger partial charge on any atom is 0.338 e. The predicted molar refractivity (Wildman–Crippen MR) is 164 cm³/mol. The van der Waals surface area contributed by atoms with Gasteiger partial charge in [0.1, 0.15) is 6.61 Å². The van der Waals surface area contributed by atoms with E-state index in [1.165, 1.54) is 0 Å². The summed E-state index contributed by atoms with van der Waals surface area (Å²) in [5.74, 6) is -0.355. The van der Waals surface area contributed by atoms with Gasteiger partial charge in [0, 0.05) is 6.61 Å².